The van der Waals surface area contributed by atoms with Gasteiger partial charge in [-0.15, -0.1) is 0 Å². The number of nitrogens with zero attached hydrogens (tertiary/aromatic N) is 1. The van der Waals surface area contributed by atoms with Crippen molar-refractivity contribution < 1.29 is 14.7 Å². The minimum atomic E-state index is -0.704. The van der Waals surface area contributed by atoms with Crippen molar-refractivity contribution in [3.63, 3.8) is 0 Å². The van der Waals surface area contributed by atoms with Gasteiger partial charge in [-0.1, -0.05) is 0 Å². The van der Waals surface area contributed by atoms with Crippen LogP contribution in [0.15, 0.2) is 0 Å². The molecular weight excluding hydrogens is 244 g/mol. The van der Waals surface area contributed by atoms with Crippen molar-refractivity contribution in [1.29, 1.82) is 0 Å². The molecule has 3 saturated heterocycles. The zero-order chi connectivity index (χ0) is 13.4. The third kappa shape index (κ3) is 2.48. The van der Waals surface area contributed by atoms with E-state index in [9.17, 15) is 9.59 Å². The third-order valence-corrected chi connectivity index (χ3v) is 4.96. The molecule has 0 aromatic carbocycles. The second-order valence-electron chi connectivity index (χ2n) is 6.26. The Bertz CT molecular complexity index is 365. The Balaban J connectivity index is 1.65. The van der Waals surface area contributed by atoms with Crippen molar-refractivity contribution in [1.82, 2.24) is 10.2 Å². The molecule has 5 heteroatoms. The number of nitrogens with one attached hydrogen (secondary N) is 1. The number of rotatable bonds is 3. The number of fused-ring (bicyclic) bond motifs is 2. The van der Waals surface area contributed by atoms with Gasteiger partial charge in [-0.25, -0.2) is 0 Å². The van der Waals surface area contributed by atoms with E-state index in [-0.39, 0.29) is 18.3 Å². The zero-order valence-corrected chi connectivity index (χ0v) is 11.2. The van der Waals surface area contributed by atoms with Crippen LogP contribution in [0, 0.1) is 11.8 Å². The van der Waals surface area contributed by atoms with Gasteiger partial charge in [0.25, 0.3) is 0 Å². The number of aliphatic carboxylic acids is 1. The number of carboxylic acid groups (broad SMARTS) is 1. The van der Waals surface area contributed by atoms with Gasteiger partial charge in [0, 0.05) is 25.0 Å². The molecule has 3 fully saturated rings. The normalized spacial score (nSPS) is 37.6. The minimum absolute atomic E-state index is 0.152. The summed E-state index contributed by atoms with van der Waals surface area (Å²) in [5.41, 5.74) is 0. The summed E-state index contributed by atoms with van der Waals surface area (Å²) in [5.74, 6) is 0.0234. The summed E-state index contributed by atoms with van der Waals surface area (Å²) in [4.78, 5) is 25.5. The molecule has 3 aliphatic rings. The summed E-state index contributed by atoms with van der Waals surface area (Å²) >= 11 is 0. The number of hydrogen-bond donors (Lipinski definition) is 2. The number of amides is 1. The lowest BCUT2D eigenvalue weighted by molar-refractivity contribution is -0.141. The van der Waals surface area contributed by atoms with E-state index in [4.69, 9.17) is 5.11 Å². The molecule has 0 radical (unpaired) electrons. The molecule has 1 amide bonds. The molecule has 19 heavy (non-hydrogen) atoms. The smallest absolute Gasteiger partial charge is 0.303 e. The van der Waals surface area contributed by atoms with Gasteiger partial charge in [0.1, 0.15) is 0 Å². The van der Waals surface area contributed by atoms with Crippen LogP contribution in [-0.4, -0.2) is 47.1 Å². The van der Waals surface area contributed by atoms with Crippen LogP contribution in [0.25, 0.3) is 0 Å². The largest absolute Gasteiger partial charge is 0.481 e. The Hall–Kier alpha value is -1.10. The molecular formula is C14H22N2O3. The number of carbonyl (C=O) groups excluding carboxylic acids is 1. The Morgan fingerprint density at radius 3 is 2.37 bits per heavy atom. The molecule has 3 atom stereocenters. The van der Waals surface area contributed by atoms with E-state index >= 15 is 0 Å². The Labute approximate surface area is 113 Å². The maximum absolute atomic E-state index is 12.6. The predicted octanol–water partition coefficient (Wildman–Crippen LogP) is 0.840. The second kappa shape index (κ2) is 5.12. The molecule has 3 aliphatic heterocycles. The standard InChI is InChI=1S/C14H22N2O3/c17-13(18)7-9-5-11-1-2-12(6-9)16(11)14(19)10-3-4-15-8-10/h9-12,15H,1-8H2,(H,17,18). The van der Waals surface area contributed by atoms with E-state index in [1.165, 1.54) is 0 Å². The molecule has 0 aromatic rings. The zero-order valence-electron chi connectivity index (χ0n) is 11.2. The predicted molar refractivity (Wildman–Crippen MR) is 69.6 cm³/mol. The first-order chi connectivity index (χ1) is 9.15. The number of piperidine rings is 1. The molecule has 106 valence electrons. The van der Waals surface area contributed by atoms with E-state index in [2.05, 4.69) is 10.2 Å². The molecule has 2 N–H and O–H groups in total. The number of carboxylic acids is 1. The molecule has 0 spiro atoms. The average molecular weight is 266 g/mol. The Morgan fingerprint density at radius 1 is 1.16 bits per heavy atom. The van der Waals surface area contributed by atoms with Gasteiger partial charge >= 0.3 is 5.97 Å². The summed E-state index contributed by atoms with van der Waals surface area (Å²) in [6.07, 6.45) is 5.11. The highest BCUT2D eigenvalue weighted by Gasteiger charge is 2.45. The van der Waals surface area contributed by atoms with Crippen LogP contribution in [0.3, 0.4) is 0 Å². The van der Waals surface area contributed by atoms with Crippen LogP contribution in [0.5, 0.6) is 0 Å². The van der Waals surface area contributed by atoms with Crippen molar-refractivity contribution in [2.45, 2.75) is 50.6 Å². The van der Waals surface area contributed by atoms with Crippen LogP contribution < -0.4 is 5.32 Å². The Kier molecular flexibility index (Phi) is 3.48. The molecule has 5 nitrogen and oxygen atoms in total. The monoisotopic (exact) mass is 266 g/mol. The highest BCUT2D eigenvalue weighted by atomic mass is 16.4. The van der Waals surface area contributed by atoms with Crippen molar-refractivity contribution in [3.8, 4) is 0 Å². The number of hydrogen-bond acceptors (Lipinski definition) is 3. The summed E-state index contributed by atoms with van der Waals surface area (Å²) in [6, 6.07) is 0.604. The molecule has 3 unspecified atom stereocenters. The fourth-order valence-electron chi connectivity index (χ4n) is 4.14. The van der Waals surface area contributed by atoms with Crippen molar-refractivity contribution in [2.24, 2.45) is 11.8 Å². The average Bonchev–Trinajstić information content (AvgIpc) is 2.95. The molecule has 3 rings (SSSR count). The summed E-state index contributed by atoms with van der Waals surface area (Å²) in [6.45, 7) is 1.76. The van der Waals surface area contributed by atoms with E-state index in [0.29, 0.717) is 18.0 Å². The maximum atomic E-state index is 12.6. The molecule has 3 heterocycles. The highest BCUT2D eigenvalue weighted by Crippen LogP contribution is 2.40. The van der Waals surface area contributed by atoms with Gasteiger partial charge in [0.15, 0.2) is 0 Å². The third-order valence-electron chi connectivity index (χ3n) is 4.96. The SMILES string of the molecule is O=C(O)CC1CC2CCC(C1)N2C(=O)C1CCNC1. The maximum Gasteiger partial charge on any atom is 0.303 e. The highest BCUT2D eigenvalue weighted by molar-refractivity contribution is 5.80. The van der Waals surface area contributed by atoms with E-state index < -0.39 is 5.97 Å². The van der Waals surface area contributed by atoms with Crippen LogP contribution in [0.1, 0.15) is 38.5 Å². The van der Waals surface area contributed by atoms with Crippen LogP contribution in [0.2, 0.25) is 0 Å². The lowest BCUT2D eigenvalue weighted by Crippen LogP contribution is -2.49. The first kappa shape index (κ1) is 12.9. The summed E-state index contributed by atoms with van der Waals surface area (Å²) in [5, 5.41) is 12.2. The van der Waals surface area contributed by atoms with Gasteiger partial charge in [-0.2, -0.15) is 0 Å². The summed E-state index contributed by atoms with van der Waals surface area (Å²) < 4.78 is 0. The van der Waals surface area contributed by atoms with Crippen LogP contribution in [0.4, 0.5) is 0 Å². The van der Waals surface area contributed by atoms with Gasteiger partial charge in [0.05, 0.1) is 5.92 Å². The minimum Gasteiger partial charge on any atom is -0.481 e. The first-order valence-electron chi connectivity index (χ1n) is 7.40. The molecule has 0 saturated carbocycles. The topological polar surface area (TPSA) is 69.6 Å². The molecule has 0 aromatic heterocycles. The van der Waals surface area contributed by atoms with Crippen molar-refractivity contribution in [2.75, 3.05) is 13.1 Å². The van der Waals surface area contributed by atoms with Gasteiger partial charge in [0.2, 0.25) is 5.91 Å². The fourth-order valence-corrected chi connectivity index (χ4v) is 4.14. The van der Waals surface area contributed by atoms with Crippen molar-refractivity contribution >= 4 is 11.9 Å². The molecule has 2 bridgehead atoms. The van der Waals surface area contributed by atoms with E-state index in [1.807, 2.05) is 0 Å². The summed E-state index contributed by atoms with van der Waals surface area (Å²) in [7, 11) is 0. The first-order valence-corrected chi connectivity index (χ1v) is 7.40. The second-order valence-corrected chi connectivity index (χ2v) is 6.26. The van der Waals surface area contributed by atoms with E-state index in [1.54, 1.807) is 0 Å². The molecule has 0 aliphatic carbocycles. The van der Waals surface area contributed by atoms with Gasteiger partial charge in [-0.05, 0) is 44.6 Å². The van der Waals surface area contributed by atoms with Crippen LogP contribution in [-0.2, 0) is 9.59 Å². The fraction of sp³-hybridized carbons (Fsp3) is 0.857. The van der Waals surface area contributed by atoms with E-state index in [0.717, 1.165) is 45.2 Å². The lowest BCUT2D eigenvalue weighted by Gasteiger charge is -2.39. The van der Waals surface area contributed by atoms with Crippen molar-refractivity contribution in [3.05, 3.63) is 0 Å². The lowest BCUT2D eigenvalue weighted by atomic mass is 9.87. The van der Waals surface area contributed by atoms with Gasteiger partial charge < -0.3 is 15.3 Å². The van der Waals surface area contributed by atoms with Crippen LogP contribution >= 0.6 is 0 Å². The quantitative estimate of drug-likeness (QED) is 0.794. The van der Waals surface area contributed by atoms with Gasteiger partial charge in [-0.3, -0.25) is 9.59 Å². The number of carbonyl (C=O) groups is 2. The Morgan fingerprint density at radius 2 is 1.84 bits per heavy atom.